The van der Waals surface area contributed by atoms with E-state index in [2.05, 4.69) is 5.32 Å². The van der Waals surface area contributed by atoms with Gasteiger partial charge in [0.15, 0.2) is 6.10 Å². The van der Waals surface area contributed by atoms with E-state index in [0.29, 0.717) is 21.5 Å². The van der Waals surface area contributed by atoms with Crippen LogP contribution in [-0.4, -0.2) is 12.0 Å². The number of halogens is 2. The minimum Gasteiger partial charge on any atom is -0.479 e. The maximum Gasteiger partial charge on any atom is 0.265 e. The van der Waals surface area contributed by atoms with Gasteiger partial charge in [0.25, 0.3) is 5.91 Å². The molecule has 110 valence electrons. The molecule has 2 aromatic rings. The largest absolute Gasteiger partial charge is 0.479 e. The van der Waals surface area contributed by atoms with Crippen molar-refractivity contribution in [2.75, 3.05) is 5.32 Å². The van der Waals surface area contributed by atoms with Gasteiger partial charge in [-0.3, -0.25) is 4.79 Å². The molecule has 0 radical (unpaired) electrons. The quantitative estimate of drug-likeness (QED) is 0.885. The molecule has 0 aliphatic carbocycles. The van der Waals surface area contributed by atoms with E-state index in [1.54, 1.807) is 49.4 Å². The smallest absolute Gasteiger partial charge is 0.265 e. The van der Waals surface area contributed by atoms with Crippen molar-refractivity contribution in [3.05, 3.63) is 58.1 Å². The van der Waals surface area contributed by atoms with Crippen LogP contribution in [0.3, 0.4) is 0 Å². The molecule has 0 spiro atoms. The number of carbonyl (C=O) groups excluding carboxylic acids is 1. The maximum atomic E-state index is 12.2. The van der Waals surface area contributed by atoms with E-state index in [9.17, 15) is 4.79 Å². The first-order valence-electron chi connectivity index (χ1n) is 6.45. The highest BCUT2D eigenvalue weighted by atomic mass is 35.5. The molecule has 1 atom stereocenters. The Morgan fingerprint density at radius 1 is 1.19 bits per heavy atom. The van der Waals surface area contributed by atoms with Gasteiger partial charge in [-0.15, -0.1) is 0 Å². The van der Waals surface area contributed by atoms with Crippen molar-refractivity contribution < 1.29 is 9.53 Å². The lowest BCUT2D eigenvalue weighted by Crippen LogP contribution is -2.30. The van der Waals surface area contributed by atoms with Crippen LogP contribution in [0.2, 0.25) is 10.0 Å². The third kappa shape index (κ3) is 4.13. The van der Waals surface area contributed by atoms with Gasteiger partial charge in [-0.1, -0.05) is 35.3 Å². The predicted molar refractivity (Wildman–Crippen MR) is 86.4 cm³/mol. The van der Waals surface area contributed by atoms with Gasteiger partial charge in [-0.2, -0.15) is 0 Å². The zero-order valence-corrected chi connectivity index (χ0v) is 13.2. The van der Waals surface area contributed by atoms with Gasteiger partial charge in [-0.25, -0.2) is 0 Å². The molecule has 0 heterocycles. The standard InChI is InChI=1S/C16H15Cl2NO2/c1-10-9-12(17)7-8-14(10)19-16(20)11(2)21-15-6-4-3-5-13(15)18/h3-9,11H,1-2H3,(H,19,20)/t11-/m1/s1. The number of para-hydroxylation sites is 1. The number of aryl methyl sites for hydroxylation is 1. The van der Waals surface area contributed by atoms with Crippen molar-refractivity contribution in [2.24, 2.45) is 0 Å². The molecule has 0 aliphatic rings. The molecule has 0 aromatic heterocycles. The Morgan fingerprint density at radius 3 is 2.57 bits per heavy atom. The third-order valence-corrected chi connectivity index (χ3v) is 3.50. The van der Waals surface area contributed by atoms with Crippen LogP contribution < -0.4 is 10.1 Å². The maximum absolute atomic E-state index is 12.2. The summed E-state index contributed by atoms with van der Waals surface area (Å²) >= 11 is 11.9. The van der Waals surface area contributed by atoms with Crippen LogP contribution in [0.25, 0.3) is 0 Å². The van der Waals surface area contributed by atoms with Gasteiger partial charge in [-0.05, 0) is 49.7 Å². The second-order valence-corrected chi connectivity index (χ2v) is 5.48. The van der Waals surface area contributed by atoms with Crippen molar-refractivity contribution in [3.63, 3.8) is 0 Å². The topological polar surface area (TPSA) is 38.3 Å². The third-order valence-electron chi connectivity index (χ3n) is 2.96. The van der Waals surface area contributed by atoms with E-state index < -0.39 is 6.10 Å². The Balaban J connectivity index is 2.04. The lowest BCUT2D eigenvalue weighted by molar-refractivity contribution is -0.122. The average Bonchev–Trinajstić information content (AvgIpc) is 2.44. The highest BCUT2D eigenvalue weighted by Crippen LogP contribution is 2.25. The van der Waals surface area contributed by atoms with Crippen LogP contribution in [0.5, 0.6) is 5.75 Å². The van der Waals surface area contributed by atoms with Crippen LogP contribution in [0, 0.1) is 6.92 Å². The fraction of sp³-hybridized carbons (Fsp3) is 0.188. The highest BCUT2D eigenvalue weighted by Gasteiger charge is 2.16. The predicted octanol–water partition coefficient (Wildman–Crippen LogP) is 4.71. The molecule has 1 amide bonds. The molecule has 0 saturated carbocycles. The summed E-state index contributed by atoms with van der Waals surface area (Å²) in [5.41, 5.74) is 1.60. The summed E-state index contributed by atoms with van der Waals surface area (Å²) in [7, 11) is 0. The van der Waals surface area contributed by atoms with Crippen LogP contribution in [0.4, 0.5) is 5.69 Å². The van der Waals surface area contributed by atoms with Crippen molar-refractivity contribution >= 4 is 34.8 Å². The van der Waals surface area contributed by atoms with Gasteiger partial charge in [0.1, 0.15) is 5.75 Å². The molecule has 21 heavy (non-hydrogen) atoms. The van der Waals surface area contributed by atoms with Crippen molar-refractivity contribution in [3.8, 4) is 5.75 Å². The van der Waals surface area contributed by atoms with Crippen LogP contribution in [0.1, 0.15) is 12.5 Å². The molecule has 2 rings (SSSR count). The second kappa shape index (κ2) is 6.83. The van der Waals surface area contributed by atoms with Crippen molar-refractivity contribution in [2.45, 2.75) is 20.0 Å². The van der Waals surface area contributed by atoms with Gasteiger partial charge in [0, 0.05) is 10.7 Å². The molecule has 1 N–H and O–H groups in total. The Kier molecular flexibility index (Phi) is 5.10. The fourth-order valence-electron chi connectivity index (χ4n) is 1.79. The van der Waals surface area contributed by atoms with E-state index in [1.165, 1.54) is 0 Å². The SMILES string of the molecule is Cc1cc(Cl)ccc1NC(=O)[C@@H](C)Oc1ccccc1Cl. The second-order valence-electron chi connectivity index (χ2n) is 4.64. The Labute approximate surface area is 133 Å². The molecular formula is C16H15Cl2NO2. The van der Waals surface area contributed by atoms with Crippen molar-refractivity contribution in [1.82, 2.24) is 0 Å². The summed E-state index contributed by atoms with van der Waals surface area (Å²) in [6.07, 6.45) is -0.667. The molecule has 5 heteroatoms. The highest BCUT2D eigenvalue weighted by molar-refractivity contribution is 6.32. The molecular weight excluding hydrogens is 309 g/mol. The van der Waals surface area contributed by atoms with E-state index in [1.807, 2.05) is 6.92 Å². The number of hydrogen-bond donors (Lipinski definition) is 1. The molecule has 0 bridgehead atoms. The van der Waals surface area contributed by atoms with E-state index >= 15 is 0 Å². The fourth-order valence-corrected chi connectivity index (χ4v) is 2.19. The zero-order chi connectivity index (χ0) is 15.4. The van der Waals surface area contributed by atoms with E-state index in [4.69, 9.17) is 27.9 Å². The van der Waals surface area contributed by atoms with Crippen LogP contribution in [0.15, 0.2) is 42.5 Å². The van der Waals surface area contributed by atoms with Gasteiger partial charge < -0.3 is 10.1 Å². The number of carbonyl (C=O) groups is 1. The first-order chi connectivity index (χ1) is 9.97. The van der Waals surface area contributed by atoms with Gasteiger partial charge in [0.05, 0.1) is 5.02 Å². The Morgan fingerprint density at radius 2 is 1.90 bits per heavy atom. The average molecular weight is 324 g/mol. The zero-order valence-electron chi connectivity index (χ0n) is 11.7. The number of hydrogen-bond acceptors (Lipinski definition) is 2. The Bertz CT molecular complexity index is 658. The van der Waals surface area contributed by atoms with E-state index in [0.717, 1.165) is 5.56 Å². The number of benzene rings is 2. The lowest BCUT2D eigenvalue weighted by Gasteiger charge is -2.16. The molecule has 0 unspecified atom stereocenters. The number of amides is 1. The molecule has 0 saturated heterocycles. The molecule has 3 nitrogen and oxygen atoms in total. The van der Waals surface area contributed by atoms with Crippen LogP contribution in [-0.2, 0) is 4.79 Å². The summed E-state index contributed by atoms with van der Waals surface area (Å²) < 4.78 is 5.57. The van der Waals surface area contributed by atoms with Crippen molar-refractivity contribution in [1.29, 1.82) is 0 Å². The number of ether oxygens (including phenoxy) is 1. The van der Waals surface area contributed by atoms with Gasteiger partial charge in [0.2, 0.25) is 0 Å². The summed E-state index contributed by atoms with van der Waals surface area (Å²) in [5, 5.41) is 3.91. The molecule has 2 aromatic carbocycles. The van der Waals surface area contributed by atoms with E-state index in [-0.39, 0.29) is 5.91 Å². The summed E-state index contributed by atoms with van der Waals surface area (Å²) in [6, 6.07) is 12.3. The number of nitrogens with one attached hydrogen (secondary N) is 1. The Hall–Kier alpha value is -1.71. The number of anilines is 1. The first kappa shape index (κ1) is 15.7. The normalized spacial score (nSPS) is 11.8. The molecule has 0 fully saturated rings. The lowest BCUT2D eigenvalue weighted by atomic mass is 10.2. The van der Waals surface area contributed by atoms with Gasteiger partial charge >= 0.3 is 0 Å². The summed E-state index contributed by atoms with van der Waals surface area (Å²) in [6.45, 7) is 3.55. The monoisotopic (exact) mass is 323 g/mol. The first-order valence-corrected chi connectivity index (χ1v) is 7.21. The summed E-state index contributed by atoms with van der Waals surface area (Å²) in [4.78, 5) is 12.2. The van der Waals surface area contributed by atoms with Crippen LogP contribution >= 0.6 is 23.2 Å². The number of rotatable bonds is 4. The summed E-state index contributed by atoms with van der Waals surface area (Å²) in [5.74, 6) is 0.231. The minimum atomic E-state index is -0.667. The minimum absolute atomic E-state index is 0.250. The molecule has 0 aliphatic heterocycles.